The number of sulfone groups is 1. The largest absolute Gasteiger partial charge is 0.484 e. The molecule has 1 saturated heterocycles. The molecule has 0 spiro atoms. The van der Waals surface area contributed by atoms with Crippen LogP contribution in [0.15, 0.2) is 54.6 Å². The topological polar surface area (TPSA) is 63.7 Å². The summed E-state index contributed by atoms with van der Waals surface area (Å²) < 4.78 is 30.7. The van der Waals surface area contributed by atoms with Crippen LogP contribution in [0.25, 0.3) is 0 Å². The van der Waals surface area contributed by atoms with Gasteiger partial charge in [-0.25, -0.2) is 8.42 Å². The van der Waals surface area contributed by atoms with Crippen LogP contribution in [0.2, 0.25) is 5.02 Å². The molecule has 2 aromatic carbocycles. The van der Waals surface area contributed by atoms with E-state index in [4.69, 9.17) is 16.3 Å². The molecule has 26 heavy (non-hydrogen) atoms. The standard InChI is InChI=1S/C19H20ClNO4S/c20-16-6-8-17(9-7-16)25-14-19(22)21-11-10-18(26(23,24)13-12-21)15-4-2-1-3-5-15/h1-9,18H,10-14H2. The molecule has 1 atom stereocenters. The predicted molar refractivity (Wildman–Crippen MR) is 101 cm³/mol. The molecule has 3 rings (SSSR count). The quantitative estimate of drug-likeness (QED) is 0.800. The van der Waals surface area contributed by atoms with Gasteiger partial charge in [0.25, 0.3) is 5.91 Å². The fraction of sp³-hybridized carbons (Fsp3) is 0.316. The monoisotopic (exact) mass is 393 g/mol. The molecule has 0 bridgehead atoms. The van der Waals surface area contributed by atoms with Crippen molar-refractivity contribution < 1.29 is 17.9 Å². The minimum atomic E-state index is -3.30. The van der Waals surface area contributed by atoms with E-state index in [-0.39, 0.29) is 24.8 Å². The van der Waals surface area contributed by atoms with Crippen molar-refractivity contribution >= 4 is 27.3 Å². The summed E-state index contributed by atoms with van der Waals surface area (Å²) in [6, 6.07) is 15.9. The number of halogens is 1. The van der Waals surface area contributed by atoms with Crippen molar-refractivity contribution in [1.29, 1.82) is 0 Å². The zero-order valence-electron chi connectivity index (χ0n) is 14.2. The Morgan fingerprint density at radius 2 is 1.77 bits per heavy atom. The molecule has 0 N–H and O–H groups in total. The predicted octanol–water partition coefficient (Wildman–Crippen LogP) is 3.11. The van der Waals surface area contributed by atoms with Crippen LogP contribution < -0.4 is 4.74 Å². The zero-order chi connectivity index (χ0) is 18.6. The van der Waals surface area contributed by atoms with Gasteiger partial charge >= 0.3 is 0 Å². The van der Waals surface area contributed by atoms with Crippen molar-refractivity contribution in [2.75, 3.05) is 25.4 Å². The van der Waals surface area contributed by atoms with E-state index in [2.05, 4.69) is 0 Å². The third-order valence-corrected chi connectivity index (χ3v) is 6.82. The van der Waals surface area contributed by atoms with E-state index in [1.54, 1.807) is 29.2 Å². The summed E-state index contributed by atoms with van der Waals surface area (Å²) in [5.74, 6) is 0.287. The number of hydrogen-bond acceptors (Lipinski definition) is 4. The first-order valence-electron chi connectivity index (χ1n) is 8.38. The lowest BCUT2D eigenvalue weighted by Gasteiger charge is -2.20. The molecule has 0 radical (unpaired) electrons. The summed E-state index contributed by atoms with van der Waals surface area (Å²) in [4.78, 5) is 14.0. The van der Waals surface area contributed by atoms with Gasteiger partial charge in [-0.3, -0.25) is 4.79 Å². The highest BCUT2D eigenvalue weighted by atomic mass is 35.5. The smallest absolute Gasteiger partial charge is 0.260 e. The van der Waals surface area contributed by atoms with Crippen LogP contribution in [0.3, 0.4) is 0 Å². The molecular weight excluding hydrogens is 374 g/mol. The van der Waals surface area contributed by atoms with E-state index in [9.17, 15) is 13.2 Å². The molecule has 1 heterocycles. The zero-order valence-corrected chi connectivity index (χ0v) is 15.7. The van der Waals surface area contributed by atoms with Crippen LogP contribution in [0.5, 0.6) is 5.75 Å². The van der Waals surface area contributed by atoms with Crippen LogP contribution >= 0.6 is 11.6 Å². The van der Waals surface area contributed by atoms with Gasteiger partial charge in [0.15, 0.2) is 16.4 Å². The molecule has 1 unspecified atom stereocenters. The highest BCUT2D eigenvalue weighted by Gasteiger charge is 2.32. The molecule has 7 heteroatoms. The fourth-order valence-corrected chi connectivity index (χ4v) is 4.92. The van der Waals surface area contributed by atoms with Crippen molar-refractivity contribution in [3.05, 3.63) is 65.2 Å². The van der Waals surface area contributed by atoms with Gasteiger partial charge in [0.05, 0.1) is 11.0 Å². The van der Waals surface area contributed by atoms with Crippen molar-refractivity contribution in [3.63, 3.8) is 0 Å². The minimum Gasteiger partial charge on any atom is -0.484 e. The van der Waals surface area contributed by atoms with Gasteiger partial charge < -0.3 is 9.64 Å². The second kappa shape index (κ2) is 8.10. The number of carbonyl (C=O) groups is 1. The average molecular weight is 394 g/mol. The molecular formula is C19H20ClNO4S. The molecule has 2 aromatic rings. The maximum absolute atomic E-state index is 12.6. The van der Waals surface area contributed by atoms with Crippen LogP contribution in [0.1, 0.15) is 17.2 Å². The van der Waals surface area contributed by atoms with E-state index in [1.165, 1.54) is 0 Å². The fourth-order valence-electron chi connectivity index (χ4n) is 3.00. The molecule has 0 saturated carbocycles. The summed E-state index contributed by atoms with van der Waals surface area (Å²) in [6.45, 7) is 0.452. The van der Waals surface area contributed by atoms with Crippen LogP contribution in [-0.4, -0.2) is 44.7 Å². The summed E-state index contributed by atoms with van der Waals surface area (Å²) in [5, 5.41) is 0.0204. The highest BCUT2D eigenvalue weighted by Crippen LogP contribution is 2.29. The summed E-state index contributed by atoms with van der Waals surface area (Å²) in [6.07, 6.45) is 0.388. The van der Waals surface area contributed by atoms with Crippen LogP contribution in [0, 0.1) is 0 Å². The van der Waals surface area contributed by atoms with Crippen molar-refractivity contribution in [2.24, 2.45) is 0 Å². The molecule has 1 fully saturated rings. The Balaban J connectivity index is 1.63. The first kappa shape index (κ1) is 18.7. The Kier molecular flexibility index (Phi) is 5.84. The Hall–Kier alpha value is -2.05. The third kappa shape index (κ3) is 4.56. The second-order valence-corrected chi connectivity index (χ2v) is 8.92. The van der Waals surface area contributed by atoms with Gasteiger partial charge in [-0.1, -0.05) is 41.9 Å². The Morgan fingerprint density at radius 3 is 2.46 bits per heavy atom. The number of ether oxygens (including phenoxy) is 1. The Labute approximate surface area is 158 Å². The molecule has 5 nitrogen and oxygen atoms in total. The Bertz CT molecular complexity index is 853. The maximum atomic E-state index is 12.6. The van der Waals surface area contributed by atoms with Crippen molar-refractivity contribution in [2.45, 2.75) is 11.7 Å². The first-order chi connectivity index (χ1) is 12.5. The first-order valence-corrected chi connectivity index (χ1v) is 10.5. The number of carbonyl (C=O) groups excluding carboxylic acids is 1. The average Bonchev–Trinajstić information content (AvgIpc) is 2.80. The molecule has 1 aliphatic rings. The van der Waals surface area contributed by atoms with E-state index in [1.807, 2.05) is 30.3 Å². The number of hydrogen-bond donors (Lipinski definition) is 0. The minimum absolute atomic E-state index is 0.0424. The number of benzene rings is 2. The molecule has 0 aliphatic carbocycles. The SMILES string of the molecule is O=C(COc1ccc(Cl)cc1)N1CCC(c2ccccc2)S(=O)(=O)CC1. The van der Waals surface area contributed by atoms with Gasteiger partial charge in [0, 0.05) is 18.1 Å². The molecule has 0 aromatic heterocycles. The van der Waals surface area contributed by atoms with Gasteiger partial charge in [-0.15, -0.1) is 0 Å². The lowest BCUT2D eigenvalue weighted by molar-refractivity contribution is -0.133. The molecule has 138 valence electrons. The van der Waals surface area contributed by atoms with Crippen LogP contribution in [0.4, 0.5) is 0 Å². The van der Waals surface area contributed by atoms with Crippen molar-refractivity contribution in [3.8, 4) is 5.75 Å². The summed E-state index contributed by atoms with van der Waals surface area (Å²) in [7, 11) is -3.30. The van der Waals surface area contributed by atoms with Gasteiger partial charge in [0.1, 0.15) is 5.75 Å². The van der Waals surface area contributed by atoms with Crippen molar-refractivity contribution in [1.82, 2.24) is 4.90 Å². The van der Waals surface area contributed by atoms with E-state index in [0.717, 1.165) is 5.56 Å². The van der Waals surface area contributed by atoms with E-state index in [0.29, 0.717) is 23.7 Å². The lowest BCUT2D eigenvalue weighted by Crippen LogP contribution is -2.37. The van der Waals surface area contributed by atoms with Crippen LogP contribution in [-0.2, 0) is 14.6 Å². The number of nitrogens with zero attached hydrogens (tertiary/aromatic N) is 1. The molecule has 1 amide bonds. The molecule has 1 aliphatic heterocycles. The Morgan fingerprint density at radius 1 is 1.08 bits per heavy atom. The normalized spacial score (nSPS) is 19.6. The second-order valence-electron chi connectivity index (χ2n) is 6.18. The number of rotatable bonds is 4. The third-order valence-electron chi connectivity index (χ3n) is 4.44. The summed E-state index contributed by atoms with van der Waals surface area (Å²) in [5.41, 5.74) is 0.777. The van der Waals surface area contributed by atoms with E-state index < -0.39 is 15.1 Å². The summed E-state index contributed by atoms with van der Waals surface area (Å²) >= 11 is 5.82. The highest BCUT2D eigenvalue weighted by molar-refractivity contribution is 7.91. The lowest BCUT2D eigenvalue weighted by atomic mass is 10.1. The van der Waals surface area contributed by atoms with E-state index >= 15 is 0 Å². The van der Waals surface area contributed by atoms with Gasteiger partial charge in [-0.05, 0) is 36.2 Å². The number of amides is 1. The van der Waals surface area contributed by atoms with Gasteiger partial charge in [0.2, 0.25) is 0 Å². The maximum Gasteiger partial charge on any atom is 0.260 e. The van der Waals surface area contributed by atoms with Gasteiger partial charge in [-0.2, -0.15) is 0 Å².